The molecular formula is C13H8BrClN2O2S. The van der Waals surface area contributed by atoms with E-state index in [1.165, 1.54) is 18.2 Å². The van der Waals surface area contributed by atoms with Gasteiger partial charge in [-0.1, -0.05) is 33.6 Å². The third-order valence-electron chi connectivity index (χ3n) is 2.43. The maximum Gasteiger partial charge on any atom is 0.263 e. The minimum atomic E-state index is -3.85. The summed E-state index contributed by atoms with van der Waals surface area (Å²) in [6, 6.07) is 12.7. The van der Waals surface area contributed by atoms with Crippen LogP contribution in [0.4, 0.5) is 5.69 Å². The Morgan fingerprint density at radius 1 is 1.20 bits per heavy atom. The summed E-state index contributed by atoms with van der Waals surface area (Å²) in [7, 11) is -3.85. The lowest BCUT2D eigenvalue weighted by Gasteiger charge is -2.10. The van der Waals surface area contributed by atoms with Crippen LogP contribution in [0.5, 0.6) is 0 Å². The first-order valence-corrected chi connectivity index (χ1v) is 8.06. The Bertz CT molecular complexity index is 800. The molecule has 7 heteroatoms. The predicted molar refractivity (Wildman–Crippen MR) is 81.1 cm³/mol. The third kappa shape index (κ3) is 3.31. The van der Waals surface area contributed by atoms with E-state index < -0.39 is 10.0 Å². The second-order valence-electron chi connectivity index (χ2n) is 3.87. The summed E-state index contributed by atoms with van der Waals surface area (Å²) in [5, 5.41) is 8.89. The van der Waals surface area contributed by atoms with Gasteiger partial charge in [-0.2, -0.15) is 5.26 Å². The Balaban J connectivity index is 2.43. The average Bonchev–Trinajstić information content (AvgIpc) is 2.38. The van der Waals surface area contributed by atoms with Gasteiger partial charge in [-0.25, -0.2) is 8.42 Å². The molecule has 0 amide bonds. The lowest BCUT2D eigenvalue weighted by molar-refractivity contribution is 0.601. The van der Waals surface area contributed by atoms with Crippen LogP contribution in [-0.2, 0) is 10.0 Å². The summed E-state index contributed by atoms with van der Waals surface area (Å²) in [6.45, 7) is 0. The molecule has 1 N–H and O–H groups in total. The van der Waals surface area contributed by atoms with Crippen LogP contribution in [0, 0.1) is 11.3 Å². The molecule has 20 heavy (non-hydrogen) atoms. The highest BCUT2D eigenvalue weighted by Gasteiger charge is 2.18. The molecular weight excluding hydrogens is 364 g/mol. The second kappa shape index (κ2) is 5.83. The van der Waals surface area contributed by atoms with Crippen LogP contribution in [0.15, 0.2) is 51.8 Å². The van der Waals surface area contributed by atoms with Crippen molar-refractivity contribution < 1.29 is 8.42 Å². The van der Waals surface area contributed by atoms with Crippen LogP contribution >= 0.6 is 27.5 Å². The van der Waals surface area contributed by atoms with E-state index in [0.717, 1.165) is 4.47 Å². The molecule has 2 rings (SSSR count). The highest BCUT2D eigenvalue weighted by Crippen LogP contribution is 2.25. The lowest BCUT2D eigenvalue weighted by atomic mass is 10.2. The van der Waals surface area contributed by atoms with Gasteiger partial charge in [-0.3, -0.25) is 4.72 Å². The Hall–Kier alpha value is -1.55. The number of sulfonamides is 1. The van der Waals surface area contributed by atoms with Crippen molar-refractivity contribution in [3.8, 4) is 6.07 Å². The van der Waals surface area contributed by atoms with Crippen LogP contribution in [0.25, 0.3) is 0 Å². The predicted octanol–water partition coefficient (Wildman–Crippen LogP) is 3.77. The van der Waals surface area contributed by atoms with E-state index in [1.54, 1.807) is 24.3 Å². The summed E-state index contributed by atoms with van der Waals surface area (Å²) in [6.07, 6.45) is 0. The lowest BCUT2D eigenvalue weighted by Crippen LogP contribution is -2.13. The molecule has 0 heterocycles. The van der Waals surface area contributed by atoms with E-state index in [9.17, 15) is 8.42 Å². The smallest absolute Gasteiger partial charge is 0.263 e. The number of rotatable bonds is 3. The zero-order valence-electron chi connectivity index (χ0n) is 9.97. The molecule has 0 aromatic heterocycles. The van der Waals surface area contributed by atoms with Crippen molar-refractivity contribution in [3.63, 3.8) is 0 Å². The molecule has 0 saturated heterocycles. The summed E-state index contributed by atoms with van der Waals surface area (Å²) in [5.74, 6) is 0. The van der Waals surface area contributed by atoms with E-state index in [2.05, 4.69) is 20.7 Å². The van der Waals surface area contributed by atoms with Crippen molar-refractivity contribution in [2.24, 2.45) is 0 Å². The molecule has 2 aromatic carbocycles. The quantitative estimate of drug-likeness (QED) is 0.892. The van der Waals surface area contributed by atoms with Gasteiger partial charge < -0.3 is 0 Å². The number of halogens is 2. The molecule has 0 radical (unpaired) electrons. The van der Waals surface area contributed by atoms with E-state index in [1.807, 2.05) is 6.07 Å². The minimum absolute atomic E-state index is 0.0616. The van der Waals surface area contributed by atoms with Gasteiger partial charge in [0, 0.05) is 10.2 Å². The summed E-state index contributed by atoms with van der Waals surface area (Å²) >= 11 is 9.16. The molecule has 0 fully saturated rings. The van der Waals surface area contributed by atoms with Crippen LogP contribution < -0.4 is 4.72 Å². The van der Waals surface area contributed by atoms with Gasteiger partial charge in [0.1, 0.15) is 4.90 Å². The molecule has 4 nitrogen and oxygen atoms in total. The first kappa shape index (κ1) is 14.9. The molecule has 0 atom stereocenters. The Labute approximate surface area is 130 Å². The van der Waals surface area contributed by atoms with E-state index in [4.69, 9.17) is 16.9 Å². The van der Waals surface area contributed by atoms with Gasteiger partial charge in [0.25, 0.3) is 10.0 Å². The summed E-state index contributed by atoms with van der Waals surface area (Å²) in [5.41, 5.74) is 0.627. The first-order valence-electron chi connectivity index (χ1n) is 5.40. The van der Waals surface area contributed by atoms with E-state index in [0.29, 0.717) is 5.69 Å². The van der Waals surface area contributed by atoms with Crippen molar-refractivity contribution in [3.05, 3.63) is 57.5 Å². The Morgan fingerprint density at radius 2 is 1.95 bits per heavy atom. The number of hydrogen-bond donors (Lipinski definition) is 1. The minimum Gasteiger partial charge on any atom is -0.280 e. The molecule has 2 aromatic rings. The molecule has 0 aliphatic heterocycles. The number of nitrogens with one attached hydrogen (secondary N) is 1. The monoisotopic (exact) mass is 370 g/mol. The topological polar surface area (TPSA) is 70.0 Å². The van der Waals surface area contributed by atoms with Gasteiger partial charge in [0.05, 0.1) is 16.7 Å². The Morgan fingerprint density at radius 3 is 2.60 bits per heavy atom. The van der Waals surface area contributed by atoms with Gasteiger partial charge in [0.2, 0.25) is 0 Å². The zero-order chi connectivity index (χ0) is 14.8. The number of hydrogen-bond acceptors (Lipinski definition) is 3. The summed E-state index contributed by atoms with van der Waals surface area (Å²) < 4.78 is 27.7. The molecule has 0 spiro atoms. The molecule has 0 aliphatic carbocycles. The molecule has 0 unspecified atom stereocenters. The molecule has 0 saturated carbocycles. The summed E-state index contributed by atoms with van der Waals surface area (Å²) in [4.78, 5) is -0.127. The average molecular weight is 372 g/mol. The van der Waals surface area contributed by atoms with Crippen molar-refractivity contribution in [2.45, 2.75) is 4.90 Å². The number of nitrogens with zero attached hydrogens (tertiary/aromatic N) is 1. The van der Waals surface area contributed by atoms with Crippen LogP contribution in [0.3, 0.4) is 0 Å². The largest absolute Gasteiger partial charge is 0.280 e. The number of nitriles is 1. The fraction of sp³-hybridized carbons (Fsp3) is 0. The number of benzene rings is 2. The van der Waals surface area contributed by atoms with Crippen LogP contribution in [0.1, 0.15) is 5.56 Å². The van der Waals surface area contributed by atoms with Crippen LogP contribution in [0.2, 0.25) is 5.02 Å². The van der Waals surface area contributed by atoms with Crippen LogP contribution in [-0.4, -0.2) is 8.42 Å². The number of anilines is 1. The maximum atomic E-state index is 12.3. The van der Waals surface area contributed by atoms with Crippen molar-refractivity contribution in [2.75, 3.05) is 4.72 Å². The van der Waals surface area contributed by atoms with Crippen molar-refractivity contribution >= 4 is 43.2 Å². The fourth-order valence-corrected chi connectivity index (χ4v) is 3.52. The van der Waals surface area contributed by atoms with Crippen molar-refractivity contribution in [1.82, 2.24) is 0 Å². The zero-order valence-corrected chi connectivity index (χ0v) is 13.1. The molecule has 0 aliphatic rings. The standard InChI is InChI=1S/C13H8BrClN2O2S/c14-10-2-1-3-11(7-10)17-20(18,19)13-6-9(8-16)4-5-12(13)15/h1-7,17H. The SMILES string of the molecule is N#Cc1ccc(Cl)c(S(=O)(=O)Nc2cccc(Br)c2)c1. The second-order valence-corrected chi connectivity index (χ2v) is 6.85. The van der Waals surface area contributed by atoms with Gasteiger partial charge >= 0.3 is 0 Å². The highest BCUT2D eigenvalue weighted by molar-refractivity contribution is 9.10. The normalized spacial score (nSPS) is 10.8. The van der Waals surface area contributed by atoms with E-state index in [-0.39, 0.29) is 15.5 Å². The maximum absolute atomic E-state index is 12.3. The highest BCUT2D eigenvalue weighted by atomic mass is 79.9. The van der Waals surface area contributed by atoms with Gasteiger partial charge in [-0.15, -0.1) is 0 Å². The van der Waals surface area contributed by atoms with Gasteiger partial charge in [0.15, 0.2) is 0 Å². The first-order chi connectivity index (χ1) is 9.42. The van der Waals surface area contributed by atoms with E-state index >= 15 is 0 Å². The third-order valence-corrected chi connectivity index (χ3v) is 4.78. The van der Waals surface area contributed by atoms with Gasteiger partial charge in [-0.05, 0) is 36.4 Å². The Kier molecular flexibility index (Phi) is 4.33. The fourth-order valence-electron chi connectivity index (χ4n) is 1.54. The van der Waals surface area contributed by atoms with Crippen molar-refractivity contribution in [1.29, 1.82) is 5.26 Å². The molecule has 102 valence electrons. The molecule has 0 bridgehead atoms.